The van der Waals surface area contributed by atoms with Crippen LogP contribution in [0.5, 0.6) is 0 Å². The minimum atomic E-state index is -3.50. The maximum absolute atomic E-state index is 12.1. The standard InChI is InChI=1S/C16H16INO4S/c1-18(2)23(20,21)15-8-3-5-12(9-15)11-22-16(19)13-6-4-7-14(17)10-13/h3-10H,11H2,1-2H3. The minimum absolute atomic E-state index is 0.0150. The summed E-state index contributed by atoms with van der Waals surface area (Å²) in [6, 6.07) is 13.4. The lowest BCUT2D eigenvalue weighted by molar-refractivity contribution is 0.0472. The van der Waals surface area contributed by atoms with Gasteiger partial charge in [0.05, 0.1) is 10.5 Å². The van der Waals surface area contributed by atoms with Crippen LogP contribution in [0.25, 0.3) is 0 Å². The number of rotatable bonds is 5. The van der Waals surface area contributed by atoms with Gasteiger partial charge in [0.15, 0.2) is 0 Å². The van der Waals surface area contributed by atoms with Gasteiger partial charge in [0, 0.05) is 17.7 Å². The summed E-state index contributed by atoms with van der Waals surface area (Å²) in [6.45, 7) is 0.0150. The third-order valence-corrected chi connectivity index (χ3v) is 5.59. The molecule has 0 amide bonds. The van der Waals surface area contributed by atoms with Crippen LogP contribution in [-0.2, 0) is 21.4 Å². The van der Waals surface area contributed by atoms with E-state index in [0.717, 1.165) is 7.88 Å². The largest absolute Gasteiger partial charge is 0.457 e. The molecule has 122 valence electrons. The summed E-state index contributed by atoms with van der Waals surface area (Å²) in [5, 5.41) is 0. The van der Waals surface area contributed by atoms with Gasteiger partial charge in [-0.3, -0.25) is 0 Å². The van der Waals surface area contributed by atoms with E-state index in [1.54, 1.807) is 30.3 Å². The molecular weight excluding hydrogens is 429 g/mol. The summed E-state index contributed by atoms with van der Waals surface area (Å²) in [5.74, 6) is -0.440. The number of carbonyl (C=O) groups is 1. The Morgan fingerprint density at radius 2 is 1.83 bits per heavy atom. The monoisotopic (exact) mass is 445 g/mol. The number of ether oxygens (including phenoxy) is 1. The van der Waals surface area contributed by atoms with Crippen LogP contribution in [0.15, 0.2) is 53.4 Å². The summed E-state index contributed by atoms with van der Waals surface area (Å²) in [4.78, 5) is 12.2. The van der Waals surface area contributed by atoms with Crippen LogP contribution in [0.1, 0.15) is 15.9 Å². The van der Waals surface area contributed by atoms with Gasteiger partial charge in [-0.1, -0.05) is 18.2 Å². The maximum Gasteiger partial charge on any atom is 0.338 e. The highest BCUT2D eigenvalue weighted by Gasteiger charge is 2.17. The number of sulfonamides is 1. The Bertz CT molecular complexity index is 818. The molecule has 0 heterocycles. The van der Waals surface area contributed by atoms with E-state index in [4.69, 9.17) is 4.74 Å². The van der Waals surface area contributed by atoms with Crippen molar-refractivity contribution in [2.45, 2.75) is 11.5 Å². The van der Waals surface area contributed by atoms with Crippen molar-refractivity contribution >= 4 is 38.6 Å². The number of nitrogens with zero attached hydrogens (tertiary/aromatic N) is 1. The first-order chi connectivity index (χ1) is 10.8. The van der Waals surface area contributed by atoms with Crippen molar-refractivity contribution in [3.05, 3.63) is 63.2 Å². The minimum Gasteiger partial charge on any atom is -0.457 e. The molecular formula is C16H16INO4S. The summed E-state index contributed by atoms with van der Waals surface area (Å²) in [5.41, 5.74) is 1.08. The first-order valence-corrected chi connectivity index (χ1v) is 9.27. The summed E-state index contributed by atoms with van der Waals surface area (Å²) in [6.07, 6.45) is 0. The lowest BCUT2D eigenvalue weighted by Crippen LogP contribution is -2.22. The Labute approximate surface area is 149 Å². The normalized spacial score (nSPS) is 11.5. The summed E-state index contributed by atoms with van der Waals surface area (Å²) in [7, 11) is -0.561. The van der Waals surface area contributed by atoms with E-state index in [0.29, 0.717) is 11.1 Å². The van der Waals surface area contributed by atoms with Crippen LogP contribution >= 0.6 is 22.6 Å². The van der Waals surface area contributed by atoms with E-state index in [1.807, 2.05) is 6.07 Å². The molecule has 5 nitrogen and oxygen atoms in total. The second-order valence-corrected chi connectivity index (χ2v) is 8.42. The molecule has 0 aliphatic carbocycles. The molecule has 0 radical (unpaired) electrons. The van der Waals surface area contributed by atoms with Crippen LogP contribution in [-0.4, -0.2) is 32.8 Å². The molecule has 2 aromatic carbocycles. The van der Waals surface area contributed by atoms with Crippen molar-refractivity contribution in [1.29, 1.82) is 0 Å². The van der Waals surface area contributed by atoms with E-state index in [-0.39, 0.29) is 11.5 Å². The number of benzene rings is 2. The Morgan fingerprint density at radius 1 is 1.13 bits per heavy atom. The molecule has 2 aromatic rings. The molecule has 23 heavy (non-hydrogen) atoms. The Kier molecular flexibility index (Phi) is 5.77. The molecule has 0 spiro atoms. The molecule has 0 aromatic heterocycles. The molecule has 7 heteroatoms. The van der Waals surface area contributed by atoms with Gasteiger partial charge in [-0.2, -0.15) is 0 Å². The first-order valence-electron chi connectivity index (χ1n) is 6.75. The van der Waals surface area contributed by atoms with Crippen molar-refractivity contribution in [2.24, 2.45) is 0 Å². The van der Waals surface area contributed by atoms with Crippen LogP contribution in [0.3, 0.4) is 0 Å². The molecule has 0 atom stereocenters. The lowest BCUT2D eigenvalue weighted by Gasteiger charge is -2.12. The van der Waals surface area contributed by atoms with Crippen molar-refractivity contribution in [1.82, 2.24) is 4.31 Å². The number of esters is 1. The van der Waals surface area contributed by atoms with Crippen molar-refractivity contribution in [2.75, 3.05) is 14.1 Å². The average Bonchev–Trinajstić information content (AvgIpc) is 2.52. The highest BCUT2D eigenvalue weighted by atomic mass is 127. The number of hydrogen-bond donors (Lipinski definition) is 0. The molecule has 0 saturated heterocycles. The summed E-state index contributed by atoms with van der Waals surface area (Å²) < 4.78 is 31.5. The number of carbonyl (C=O) groups excluding carboxylic acids is 1. The fraction of sp³-hybridized carbons (Fsp3) is 0.188. The van der Waals surface area contributed by atoms with Crippen LogP contribution in [0.2, 0.25) is 0 Å². The predicted octanol–water partition coefficient (Wildman–Crippen LogP) is 2.90. The van der Waals surface area contributed by atoms with E-state index in [9.17, 15) is 13.2 Å². The number of halogens is 1. The van der Waals surface area contributed by atoms with Gasteiger partial charge >= 0.3 is 5.97 Å². The van der Waals surface area contributed by atoms with Gasteiger partial charge in [-0.25, -0.2) is 17.5 Å². The van der Waals surface area contributed by atoms with Crippen molar-refractivity contribution < 1.29 is 17.9 Å². The molecule has 0 saturated carbocycles. The van der Waals surface area contributed by atoms with E-state index >= 15 is 0 Å². The molecule has 0 aliphatic heterocycles. The van der Waals surface area contributed by atoms with Gasteiger partial charge < -0.3 is 4.74 Å². The van der Waals surface area contributed by atoms with Gasteiger partial charge in [-0.15, -0.1) is 0 Å². The third-order valence-electron chi connectivity index (χ3n) is 3.11. The Hall–Kier alpha value is -1.45. The second-order valence-electron chi connectivity index (χ2n) is 5.02. The highest BCUT2D eigenvalue weighted by molar-refractivity contribution is 14.1. The zero-order valence-electron chi connectivity index (χ0n) is 12.7. The smallest absolute Gasteiger partial charge is 0.338 e. The molecule has 0 N–H and O–H groups in total. The quantitative estimate of drug-likeness (QED) is 0.525. The highest BCUT2D eigenvalue weighted by Crippen LogP contribution is 2.16. The topological polar surface area (TPSA) is 63.7 Å². The van der Waals surface area contributed by atoms with Crippen LogP contribution < -0.4 is 0 Å². The van der Waals surface area contributed by atoms with Crippen molar-refractivity contribution in [3.63, 3.8) is 0 Å². The fourth-order valence-electron chi connectivity index (χ4n) is 1.85. The third kappa shape index (κ3) is 4.52. The molecule has 2 rings (SSSR count). The maximum atomic E-state index is 12.1. The van der Waals surface area contributed by atoms with Gasteiger partial charge in [0.2, 0.25) is 10.0 Å². The zero-order valence-corrected chi connectivity index (χ0v) is 15.7. The number of hydrogen-bond acceptors (Lipinski definition) is 4. The lowest BCUT2D eigenvalue weighted by atomic mass is 10.2. The molecule has 0 fully saturated rings. The second kappa shape index (κ2) is 7.41. The molecule has 0 aliphatic rings. The van der Waals surface area contributed by atoms with Crippen LogP contribution in [0.4, 0.5) is 0 Å². The van der Waals surface area contributed by atoms with Gasteiger partial charge in [0.1, 0.15) is 6.61 Å². The molecule has 0 bridgehead atoms. The first kappa shape index (κ1) is 17.9. The summed E-state index contributed by atoms with van der Waals surface area (Å²) >= 11 is 2.12. The van der Waals surface area contributed by atoms with Crippen molar-refractivity contribution in [3.8, 4) is 0 Å². The zero-order chi connectivity index (χ0) is 17.0. The van der Waals surface area contributed by atoms with Gasteiger partial charge in [0.25, 0.3) is 0 Å². The average molecular weight is 445 g/mol. The van der Waals surface area contributed by atoms with E-state index < -0.39 is 16.0 Å². The molecule has 0 unspecified atom stereocenters. The Morgan fingerprint density at radius 3 is 2.48 bits per heavy atom. The van der Waals surface area contributed by atoms with Crippen LogP contribution in [0, 0.1) is 3.57 Å². The fourth-order valence-corrected chi connectivity index (χ4v) is 3.37. The Balaban J connectivity index is 2.11. The van der Waals surface area contributed by atoms with Gasteiger partial charge in [-0.05, 0) is 58.5 Å². The van der Waals surface area contributed by atoms with E-state index in [1.165, 1.54) is 26.2 Å². The SMILES string of the molecule is CN(C)S(=O)(=O)c1cccc(COC(=O)c2cccc(I)c2)c1. The van der Waals surface area contributed by atoms with E-state index in [2.05, 4.69) is 22.6 Å². The predicted molar refractivity (Wildman–Crippen MR) is 95.6 cm³/mol.